The molecule has 0 aliphatic carbocycles. The fourth-order valence-corrected chi connectivity index (χ4v) is 4.14. The molecule has 10 nitrogen and oxygen atoms in total. The number of nitrogens with one attached hydrogen (secondary N) is 3. The highest BCUT2D eigenvalue weighted by molar-refractivity contribution is 6.01. The summed E-state index contributed by atoms with van der Waals surface area (Å²) in [6.45, 7) is 3.07. The van der Waals surface area contributed by atoms with Crippen molar-refractivity contribution in [1.29, 1.82) is 5.41 Å². The Bertz CT molecular complexity index is 1440. The van der Waals surface area contributed by atoms with Crippen LogP contribution in [0.3, 0.4) is 0 Å². The number of nitrogens with zero attached hydrogens (tertiary/aromatic N) is 1. The van der Waals surface area contributed by atoms with E-state index in [-0.39, 0.29) is 49.0 Å². The first-order chi connectivity index (χ1) is 19.5. The molecule has 4 rings (SSSR count). The monoisotopic (exact) mass is 567 g/mol. The number of nitrogen functional groups attached to an aromatic ring is 1. The lowest BCUT2D eigenvalue weighted by atomic mass is 10.1. The predicted molar refractivity (Wildman–Crippen MR) is 148 cm³/mol. The van der Waals surface area contributed by atoms with Crippen LogP contribution in [0, 0.1) is 17.0 Å². The number of hydrogen-bond acceptors (Lipinski definition) is 6. The lowest BCUT2D eigenvalue weighted by molar-refractivity contribution is -0.143. The van der Waals surface area contributed by atoms with Gasteiger partial charge in [-0.2, -0.15) is 0 Å². The van der Waals surface area contributed by atoms with Crippen LogP contribution >= 0.6 is 0 Å². The summed E-state index contributed by atoms with van der Waals surface area (Å²) in [5, 5.41) is 21.1. The number of fused-ring (bicyclic) bond motifs is 1. The second kappa shape index (κ2) is 14.0. The van der Waals surface area contributed by atoms with E-state index in [0.29, 0.717) is 22.4 Å². The maximum absolute atomic E-state index is 14.2. The van der Waals surface area contributed by atoms with Crippen LogP contribution in [0.15, 0.2) is 60.7 Å². The number of halogens is 2. The van der Waals surface area contributed by atoms with Crippen LogP contribution in [-0.4, -0.2) is 46.5 Å². The molecule has 1 heterocycles. The van der Waals surface area contributed by atoms with Crippen LogP contribution in [0.25, 0.3) is 0 Å². The smallest absolute Gasteiger partial charge is 0.300 e. The molecule has 0 saturated carbocycles. The highest BCUT2D eigenvalue weighted by Gasteiger charge is 2.38. The second-order valence-corrected chi connectivity index (χ2v) is 8.97. The van der Waals surface area contributed by atoms with Crippen LogP contribution < -0.4 is 16.4 Å². The fourth-order valence-electron chi connectivity index (χ4n) is 4.14. The van der Waals surface area contributed by atoms with Crippen molar-refractivity contribution in [1.82, 2.24) is 10.2 Å². The molecule has 0 aromatic heterocycles. The molecule has 1 aliphatic heterocycles. The van der Waals surface area contributed by atoms with Crippen molar-refractivity contribution in [3.05, 3.63) is 100 Å². The van der Waals surface area contributed by atoms with Gasteiger partial charge in [-0.1, -0.05) is 36.4 Å². The summed E-state index contributed by atoms with van der Waals surface area (Å²) in [6.07, 6.45) is -1.25. The fraction of sp³-hybridized carbons (Fsp3) is 0.241. The van der Waals surface area contributed by atoms with Crippen LogP contribution in [0.4, 0.5) is 14.5 Å². The van der Waals surface area contributed by atoms with Crippen LogP contribution in [0.5, 0.6) is 0 Å². The molecule has 1 atom stereocenters. The maximum Gasteiger partial charge on any atom is 0.300 e. The van der Waals surface area contributed by atoms with Crippen molar-refractivity contribution in [3.8, 4) is 0 Å². The van der Waals surface area contributed by atoms with E-state index in [2.05, 4.69) is 10.6 Å². The number of hydrogen-bond donors (Lipinski definition) is 5. The van der Waals surface area contributed by atoms with Crippen molar-refractivity contribution in [3.63, 3.8) is 0 Å². The van der Waals surface area contributed by atoms with Gasteiger partial charge in [0.05, 0.1) is 6.54 Å². The number of nitrogens with two attached hydrogens (primary N) is 1. The molecule has 0 bridgehead atoms. The van der Waals surface area contributed by atoms with Gasteiger partial charge in [-0.3, -0.25) is 19.8 Å². The van der Waals surface area contributed by atoms with Crippen molar-refractivity contribution < 1.29 is 33.0 Å². The third-order valence-corrected chi connectivity index (χ3v) is 6.07. The molecule has 0 radical (unpaired) electrons. The third-order valence-electron chi connectivity index (χ3n) is 6.07. The van der Waals surface area contributed by atoms with Gasteiger partial charge >= 0.3 is 0 Å². The number of benzene rings is 3. The number of aliphatic carboxylic acids is 1. The van der Waals surface area contributed by atoms with Crippen LogP contribution in [0.2, 0.25) is 0 Å². The lowest BCUT2D eigenvalue weighted by Crippen LogP contribution is -2.48. The minimum Gasteiger partial charge on any atom is -0.481 e. The van der Waals surface area contributed by atoms with Gasteiger partial charge in [0.25, 0.3) is 17.8 Å². The number of anilines is 1. The minimum atomic E-state index is -1.25. The molecular weight excluding hydrogens is 536 g/mol. The minimum absolute atomic E-state index is 0.0452. The Kier molecular flexibility index (Phi) is 10.5. The highest BCUT2D eigenvalue weighted by atomic mass is 19.1. The van der Waals surface area contributed by atoms with Gasteiger partial charge in [-0.05, 0) is 36.8 Å². The first-order valence-corrected chi connectivity index (χ1v) is 12.6. The molecular formula is C29H31F2N5O5. The van der Waals surface area contributed by atoms with Gasteiger partial charge in [0.1, 0.15) is 17.5 Å². The Labute approximate surface area is 235 Å². The van der Waals surface area contributed by atoms with Gasteiger partial charge < -0.3 is 31.1 Å². The van der Waals surface area contributed by atoms with Crippen LogP contribution in [0.1, 0.15) is 46.5 Å². The molecule has 6 N–H and O–H groups in total. The van der Waals surface area contributed by atoms with Crippen molar-refractivity contribution in [2.24, 2.45) is 5.73 Å². The first-order valence-electron chi connectivity index (χ1n) is 12.6. The van der Waals surface area contributed by atoms with E-state index >= 15 is 0 Å². The van der Waals surface area contributed by atoms with E-state index in [1.54, 1.807) is 43.3 Å². The normalized spacial score (nSPS) is 12.6. The molecule has 41 heavy (non-hydrogen) atoms. The number of ether oxygens (including phenoxy) is 1. The third kappa shape index (κ3) is 7.85. The summed E-state index contributed by atoms with van der Waals surface area (Å²) < 4.78 is 33.9. The molecule has 0 saturated heterocycles. The highest BCUT2D eigenvalue weighted by Crippen LogP contribution is 2.27. The summed E-state index contributed by atoms with van der Waals surface area (Å²) in [6, 6.07) is 15.6. The lowest BCUT2D eigenvalue weighted by Gasteiger charge is -2.26. The quantitative estimate of drug-likeness (QED) is 0.185. The first kappa shape index (κ1) is 30.7. The second-order valence-electron chi connectivity index (χ2n) is 8.97. The SMILES string of the molecule is CC(=O)O.CCOC(C(=O)NCc1ccc(C(=N)N)cc1NCc1ccccc1F)N1Cc2c(F)cccc2C1=O. The van der Waals surface area contributed by atoms with Gasteiger partial charge in [-0.15, -0.1) is 0 Å². The average molecular weight is 568 g/mol. The standard InChI is InChI=1S/C27H27F2N5O3.C2H4O2/c1-2-37-27(34-15-20-19(26(34)36)7-5-9-22(20)29)25(35)33-14-18-11-10-16(24(30)31)12-23(18)32-13-17-6-3-4-8-21(17)28;1-2(3)4/h3-12,27,32H,2,13-15H2,1H3,(H3,30,31)(H,33,35);1H3,(H,3,4). The molecule has 0 spiro atoms. The summed E-state index contributed by atoms with van der Waals surface area (Å²) in [5.74, 6) is -2.90. The predicted octanol–water partition coefficient (Wildman–Crippen LogP) is 3.59. The Morgan fingerprint density at radius 1 is 1.07 bits per heavy atom. The van der Waals surface area contributed by atoms with Crippen molar-refractivity contribution >= 4 is 29.3 Å². The summed E-state index contributed by atoms with van der Waals surface area (Å²) in [7, 11) is 0. The molecule has 0 fully saturated rings. The number of rotatable bonds is 10. The Morgan fingerprint density at radius 3 is 2.39 bits per heavy atom. The number of amides is 2. The molecule has 216 valence electrons. The Balaban J connectivity index is 0.00000108. The topological polar surface area (TPSA) is 158 Å². The zero-order valence-electron chi connectivity index (χ0n) is 22.5. The van der Waals surface area contributed by atoms with E-state index in [1.807, 2.05) is 0 Å². The molecule has 12 heteroatoms. The molecule has 3 aromatic rings. The van der Waals surface area contributed by atoms with Crippen molar-refractivity contribution in [2.45, 2.75) is 39.7 Å². The molecule has 3 aromatic carbocycles. The largest absolute Gasteiger partial charge is 0.481 e. The van der Waals surface area contributed by atoms with Gasteiger partial charge in [0.2, 0.25) is 6.23 Å². The summed E-state index contributed by atoms with van der Waals surface area (Å²) in [5.41, 5.74) is 8.17. The van der Waals surface area contributed by atoms with E-state index in [0.717, 1.165) is 6.92 Å². The van der Waals surface area contributed by atoms with Gasteiger partial charge in [-0.25, -0.2) is 8.78 Å². The number of carbonyl (C=O) groups is 3. The van der Waals surface area contributed by atoms with Gasteiger partial charge in [0, 0.05) is 54.6 Å². The van der Waals surface area contributed by atoms with Gasteiger partial charge in [0.15, 0.2) is 0 Å². The van der Waals surface area contributed by atoms with Crippen molar-refractivity contribution in [2.75, 3.05) is 11.9 Å². The van der Waals surface area contributed by atoms with E-state index in [4.69, 9.17) is 25.8 Å². The molecule has 1 aliphatic rings. The van der Waals surface area contributed by atoms with Crippen LogP contribution in [-0.2, 0) is 34.0 Å². The summed E-state index contributed by atoms with van der Waals surface area (Å²) in [4.78, 5) is 36.2. The number of carboxylic acid groups (broad SMARTS) is 1. The maximum atomic E-state index is 14.2. The molecule has 1 unspecified atom stereocenters. The van der Waals surface area contributed by atoms with E-state index in [1.165, 1.54) is 29.2 Å². The average Bonchev–Trinajstić information content (AvgIpc) is 3.27. The zero-order chi connectivity index (χ0) is 30.1. The summed E-state index contributed by atoms with van der Waals surface area (Å²) >= 11 is 0. The number of carboxylic acids is 1. The zero-order valence-corrected chi connectivity index (χ0v) is 22.5. The number of amidine groups is 1. The van der Waals surface area contributed by atoms with E-state index in [9.17, 15) is 18.4 Å². The number of carbonyl (C=O) groups excluding carboxylic acids is 2. The Morgan fingerprint density at radius 2 is 1.76 bits per heavy atom. The van der Waals surface area contributed by atoms with E-state index < -0.39 is 29.8 Å². The Hall–Kier alpha value is -4.84. The molecule has 2 amide bonds.